The molecule has 0 N–H and O–H groups in total. The number of nitrogens with zero attached hydrogens (tertiary/aromatic N) is 4. The molecule has 35 heavy (non-hydrogen) atoms. The molecule has 1 atom stereocenters. The van der Waals surface area contributed by atoms with Crippen molar-refractivity contribution in [3.63, 3.8) is 0 Å². The molecule has 2 heterocycles. The van der Waals surface area contributed by atoms with Gasteiger partial charge in [0.15, 0.2) is 5.78 Å². The Morgan fingerprint density at radius 2 is 2.17 bits per heavy atom. The second kappa shape index (κ2) is 9.73. The minimum atomic E-state index is -0.501. The van der Waals surface area contributed by atoms with E-state index in [-0.39, 0.29) is 40.1 Å². The summed E-state index contributed by atoms with van der Waals surface area (Å²) in [5, 5.41) is 16.8. The van der Waals surface area contributed by atoms with Crippen LogP contribution in [0.4, 0.5) is 5.69 Å². The molecule has 1 aliphatic heterocycles. The Balaban J connectivity index is 1.74. The summed E-state index contributed by atoms with van der Waals surface area (Å²) in [7, 11) is 1.67. The molecule has 186 valence electrons. The lowest BCUT2D eigenvalue weighted by Crippen LogP contribution is -2.34. The zero-order valence-electron chi connectivity index (χ0n) is 20.6. The monoisotopic (exact) mass is 480 g/mol. The maximum Gasteiger partial charge on any atom is 0.295 e. The minimum Gasteiger partial charge on any atom is -0.376 e. The van der Waals surface area contributed by atoms with E-state index in [1.54, 1.807) is 30.2 Å². The molecule has 9 nitrogen and oxygen atoms in total. The highest BCUT2D eigenvalue weighted by atomic mass is 16.6. The molecule has 1 amide bonds. The lowest BCUT2D eigenvalue weighted by Gasteiger charge is -2.29. The van der Waals surface area contributed by atoms with E-state index in [0.717, 1.165) is 12.8 Å². The second-order valence-electron chi connectivity index (χ2n) is 10.2. The van der Waals surface area contributed by atoms with Gasteiger partial charge in [-0.3, -0.25) is 19.7 Å². The van der Waals surface area contributed by atoms with Crippen LogP contribution in [0.1, 0.15) is 71.6 Å². The molecular formula is C26H32N4O5. The number of ether oxygens (including phenoxy) is 1. The SMILES string of the molecule is C=CCCc1nn(-c2ccc(C(=O)N(C)CC3CCCO3)cc2[N+](=O)[O-])c2c1C(=O)CC(C)(C)C2. The van der Waals surface area contributed by atoms with Crippen molar-refractivity contribution in [1.29, 1.82) is 0 Å². The van der Waals surface area contributed by atoms with Gasteiger partial charge in [0.05, 0.1) is 28.0 Å². The van der Waals surface area contributed by atoms with E-state index in [4.69, 9.17) is 4.74 Å². The van der Waals surface area contributed by atoms with Crippen molar-refractivity contribution in [2.24, 2.45) is 5.41 Å². The summed E-state index contributed by atoms with van der Waals surface area (Å²) < 4.78 is 7.15. The van der Waals surface area contributed by atoms with Crippen LogP contribution < -0.4 is 0 Å². The number of likely N-dealkylation sites (N-methyl/N-ethyl adjacent to an activating group) is 1. The molecule has 0 bridgehead atoms. The third-order valence-electron chi connectivity index (χ3n) is 6.70. The predicted molar refractivity (Wildman–Crippen MR) is 131 cm³/mol. The maximum atomic E-state index is 13.0. The Hall–Kier alpha value is -3.33. The van der Waals surface area contributed by atoms with Crippen molar-refractivity contribution in [2.75, 3.05) is 20.2 Å². The smallest absolute Gasteiger partial charge is 0.295 e. The molecule has 4 rings (SSSR count). The number of aryl methyl sites for hydroxylation is 1. The zero-order chi connectivity index (χ0) is 25.3. The zero-order valence-corrected chi connectivity index (χ0v) is 20.6. The third-order valence-corrected chi connectivity index (χ3v) is 6.70. The van der Waals surface area contributed by atoms with Gasteiger partial charge in [-0.2, -0.15) is 5.10 Å². The minimum absolute atomic E-state index is 0.00627. The van der Waals surface area contributed by atoms with Gasteiger partial charge in [0, 0.05) is 38.2 Å². The van der Waals surface area contributed by atoms with Gasteiger partial charge in [-0.1, -0.05) is 19.9 Å². The highest BCUT2D eigenvalue weighted by molar-refractivity contribution is 6.00. The van der Waals surface area contributed by atoms with Gasteiger partial charge in [-0.05, 0) is 49.7 Å². The van der Waals surface area contributed by atoms with E-state index in [2.05, 4.69) is 11.7 Å². The molecule has 1 aromatic carbocycles. The first-order valence-corrected chi connectivity index (χ1v) is 12.0. The fourth-order valence-corrected chi connectivity index (χ4v) is 5.02. The number of Topliss-reactive ketones (excluding diaryl/α,β-unsaturated/α-hetero) is 1. The van der Waals surface area contributed by atoms with Crippen LogP contribution in [0.15, 0.2) is 30.9 Å². The Morgan fingerprint density at radius 3 is 2.83 bits per heavy atom. The lowest BCUT2D eigenvalue weighted by molar-refractivity contribution is -0.384. The Labute approximate surface area is 204 Å². The summed E-state index contributed by atoms with van der Waals surface area (Å²) in [4.78, 5) is 39.2. The second-order valence-corrected chi connectivity index (χ2v) is 10.2. The van der Waals surface area contributed by atoms with Gasteiger partial charge < -0.3 is 9.64 Å². The standard InChI is InChI=1S/C26H32N4O5/c1-5-6-9-19-24-22(14-26(2,3)15-23(24)31)29(27-19)20-11-10-17(13-21(20)30(33)34)25(32)28(4)16-18-8-7-12-35-18/h5,10-11,13,18H,1,6-9,12,14-16H2,2-4H3. The van der Waals surface area contributed by atoms with Gasteiger partial charge in [-0.25, -0.2) is 4.68 Å². The number of carbonyl (C=O) groups is 2. The van der Waals surface area contributed by atoms with Crippen LogP contribution in [0.3, 0.4) is 0 Å². The molecule has 2 aliphatic rings. The summed E-state index contributed by atoms with van der Waals surface area (Å²) in [5.74, 6) is -0.299. The highest BCUT2D eigenvalue weighted by Crippen LogP contribution is 2.39. The first kappa shape index (κ1) is 24.8. The summed E-state index contributed by atoms with van der Waals surface area (Å²) in [6.45, 7) is 8.89. The normalized spacial score (nSPS) is 18.8. The van der Waals surface area contributed by atoms with Crippen molar-refractivity contribution in [1.82, 2.24) is 14.7 Å². The number of hydrogen-bond acceptors (Lipinski definition) is 6. The molecule has 1 saturated heterocycles. The number of allylic oxidation sites excluding steroid dienone is 1. The predicted octanol–water partition coefficient (Wildman–Crippen LogP) is 4.31. The number of fused-ring (bicyclic) bond motifs is 1. The van der Waals surface area contributed by atoms with E-state index in [0.29, 0.717) is 55.8 Å². The van der Waals surface area contributed by atoms with Gasteiger partial charge in [0.25, 0.3) is 11.6 Å². The third kappa shape index (κ3) is 5.05. The van der Waals surface area contributed by atoms with E-state index in [1.165, 1.54) is 10.7 Å². The quantitative estimate of drug-likeness (QED) is 0.317. The Bertz CT molecular complexity index is 1180. The van der Waals surface area contributed by atoms with Crippen molar-refractivity contribution in [2.45, 2.75) is 58.5 Å². The molecule has 9 heteroatoms. The fourth-order valence-electron chi connectivity index (χ4n) is 5.02. The van der Waals surface area contributed by atoms with Gasteiger partial charge in [0.1, 0.15) is 5.69 Å². The first-order valence-electron chi connectivity index (χ1n) is 12.0. The Kier molecular flexibility index (Phi) is 6.89. The van der Waals surface area contributed by atoms with E-state index in [1.807, 2.05) is 13.8 Å². The number of ketones is 1. The molecule has 0 saturated carbocycles. The number of benzene rings is 1. The van der Waals surface area contributed by atoms with Crippen LogP contribution in [-0.4, -0.2) is 57.6 Å². The van der Waals surface area contributed by atoms with Gasteiger partial charge in [0.2, 0.25) is 0 Å². The van der Waals surface area contributed by atoms with Crippen LogP contribution in [0, 0.1) is 15.5 Å². The van der Waals surface area contributed by atoms with Crippen LogP contribution in [0.5, 0.6) is 0 Å². The van der Waals surface area contributed by atoms with Crippen molar-refractivity contribution in [3.8, 4) is 5.69 Å². The molecular weight excluding hydrogens is 448 g/mol. The average Bonchev–Trinajstić information content (AvgIpc) is 3.43. The fraction of sp³-hybridized carbons (Fsp3) is 0.500. The Morgan fingerprint density at radius 1 is 1.40 bits per heavy atom. The summed E-state index contributed by atoms with van der Waals surface area (Å²) in [6, 6.07) is 4.45. The summed E-state index contributed by atoms with van der Waals surface area (Å²) >= 11 is 0. The number of nitro groups is 1. The van der Waals surface area contributed by atoms with Crippen molar-refractivity contribution < 1.29 is 19.2 Å². The lowest BCUT2D eigenvalue weighted by atomic mass is 9.75. The molecule has 1 aliphatic carbocycles. The summed E-state index contributed by atoms with van der Waals surface area (Å²) in [5.41, 5.74) is 1.85. The molecule has 0 radical (unpaired) electrons. The van der Waals surface area contributed by atoms with E-state index >= 15 is 0 Å². The average molecular weight is 481 g/mol. The van der Waals surface area contributed by atoms with Crippen LogP contribution in [-0.2, 0) is 17.6 Å². The molecule has 0 spiro atoms. The van der Waals surface area contributed by atoms with Crippen molar-refractivity contribution >= 4 is 17.4 Å². The van der Waals surface area contributed by atoms with Crippen LogP contribution in [0.25, 0.3) is 5.69 Å². The number of amides is 1. The first-order chi connectivity index (χ1) is 16.6. The number of hydrogen-bond donors (Lipinski definition) is 0. The number of nitro benzene ring substituents is 1. The van der Waals surface area contributed by atoms with Gasteiger partial charge in [-0.15, -0.1) is 6.58 Å². The van der Waals surface area contributed by atoms with E-state index in [9.17, 15) is 19.7 Å². The number of aromatic nitrogens is 2. The number of rotatable bonds is 8. The van der Waals surface area contributed by atoms with E-state index < -0.39 is 4.92 Å². The maximum absolute atomic E-state index is 13.0. The largest absolute Gasteiger partial charge is 0.376 e. The van der Waals surface area contributed by atoms with Gasteiger partial charge >= 0.3 is 0 Å². The molecule has 2 aromatic rings. The molecule has 1 fully saturated rings. The van der Waals surface area contributed by atoms with Crippen molar-refractivity contribution in [3.05, 3.63) is 63.5 Å². The summed E-state index contributed by atoms with van der Waals surface area (Å²) in [6.07, 6.45) is 5.76. The molecule has 1 unspecified atom stereocenters. The van der Waals surface area contributed by atoms with Crippen LogP contribution >= 0.6 is 0 Å². The topological polar surface area (TPSA) is 108 Å². The number of carbonyl (C=O) groups excluding carboxylic acids is 2. The van der Waals surface area contributed by atoms with Crippen LogP contribution in [0.2, 0.25) is 0 Å². The highest BCUT2D eigenvalue weighted by Gasteiger charge is 2.37. The molecule has 1 aromatic heterocycles.